The molecule has 53 heavy (non-hydrogen) atoms. The van der Waals surface area contributed by atoms with E-state index >= 15 is 0 Å². The zero-order valence-electron chi connectivity index (χ0n) is 27.7. The average molecular weight is 708 g/mol. The summed E-state index contributed by atoms with van der Waals surface area (Å²) in [6.07, 6.45) is 1.59. The Morgan fingerprint density at radius 1 is 0.679 bits per heavy atom. The standard InChI is InChI=1S/C40H29N5O8/c1-2-29(50-38(47)26-17-9-4-10-18-26)31-32(52-39(48)27-19-11-5-12-20-27)33(53-40(49)28-21-13-6-14-22-28)37(51-31)45-24-43-30-34(41-23-42-35(30)45)44-36(46)25-15-7-3-8-16-25/h1,3-24,29,31-33,37H,(H,41,42,44,46)/t29-,31-,32-,33-,37-/m1/s1. The third kappa shape index (κ3) is 7.34. The molecule has 1 aliphatic heterocycles. The summed E-state index contributed by atoms with van der Waals surface area (Å²) in [7, 11) is 0. The van der Waals surface area contributed by atoms with Crippen LogP contribution in [0.5, 0.6) is 0 Å². The van der Waals surface area contributed by atoms with Gasteiger partial charge in [0.1, 0.15) is 12.4 Å². The number of anilines is 1. The van der Waals surface area contributed by atoms with Gasteiger partial charge in [0.15, 0.2) is 41.5 Å². The van der Waals surface area contributed by atoms with E-state index < -0.39 is 54.5 Å². The number of amides is 1. The Labute approximate surface area is 302 Å². The first-order valence-corrected chi connectivity index (χ1v) is 16.3. The molecule has 13 nitrogen and oxygen atoms in total. The highest BCUT2D eigenvalue weighted by Crippen LogP contribution is 2.39. The summed E-state index contributed by atoms with van der Waals surface area (Å²) in [6.45, 7) is 0. The van der Waals surface area contributed by atoms with Crippen LogP contribution in [0.2, 0.25) is 0 Å². The lowest BCUT2D eigenvalue weighted by Gasteiger charge is -2.26. The predicted molar refractivity (Wildman–Crippen MR) is 189 cm³/mol. The second-order valence-electron chi connectivity index (χ2n) is 11.7. The number of imidazole rings is 1. The Morgan fingerprint density at radius 2 is 1.19 bits per heavy atom. The summed E-state index contributed by atoms with van der Waals surface area (Å²) in [5, 5.41) is 2.75. The molecular formula is C40H29N5O8. The van der Waals surface area contributed by atoms with Gasteiger partial charge in [0.25, 0.3) is 5.91 Å². The number of terminal acetylenes is 1. The molecule has 0 unspecified atom stereocenters. The molecule has 5 atom stereocenters. The van der Waals surface area contributed by atoms with E-state index in [-0.39, 0.29) is 33.7 Å². The molecular weight excluding hydrogens is 678 g/mol. The van der Waals surface area contributed by atoms with E-state index in [0.717, 1.165) is 0 Å². The van der Waals surface area contributed by atoms with Gasteiger partial charge in [-0.15, -0.1) is 6.42 Å². The molecule has 7 rings (SSSR count). The van der Waals surface area contributed by atoms with Gasteiger partial charge in [-0.05, 0) is 48.5 Å². The van der Waals surface area contributed by atoms with Crippen molar-refractivity contribution in [3.8, 4) is 12.3 Å². The minimum atomic E-state index is -1.44. The molecule has 0 spiro atoms. The number of esters is 3. The summed E-state index contributed by atoms with van der Waals surface area (Å²) in [6, 6.07) is 33.0. The molecule has 13 heteroatoms. The highest BCUT2D eigenvalue weighted by atomic mass is 16.7. The number of hydrogen-bond acceptors (Lipinski definition) is 11. The van der Waals surface area contributed by atoms with Crippen molar-refractivity contribution in [3.63, 3.8) is 0 Å². The number of nitrogens with one attached hydrogen (secondary N) is 1. The number of aromatic nitrogens is 4. The van der Waals surface area contributed by atoms with Gasteiger partial charge < -0.3 is 24.3 Å². The highest BCUT2D eigenvalue weighted by molar-refractivity contribution is 6.06. The largest absolute Gasteiger partial charge is 0.452 e. The zero-order valence-corrected chi connectivity index (χ0v) is 27.7. The number of fused-ring (bicyclic) bond motifs is 1. The SMILES string of the molecule is C#C[C@@H](OC(=O)c1ccccc1)[C@H]1O[C@@H](n2cnc3c(NC(=O)c4ccccc4)ncnc32)[C@H](OC(=O)c2ccccc2)[C@@H]1OC(=O)c1ccccc1. The number of carbonyl (C=O) groups is 4. The van der Waals surface area contributed by atoms with Crippen LogP contribution in [-0.2, 0) is 18.9 Å². The van der Waals surface area contributed by atoms with Gasteiger partial charge in [-0.1, -0.05) is 78.7 Å². The zero-order chi connectivity index (χ0) is 36.7. The van der Waals surface area contributed by atoms with Crippen molar-refractivity contribution in [1.29, 1.82) is 0 Å². The van der Waals surface area contributed by atoms with Crippen molar-refractivity contribution in [1.82, 2.24) is 19.5 Å². The maximum absolute atomic E-state index is 13.7. The fourth-order valence-corrected chi connectivity index (χ4v) is 5.78. The van der Waals surface area contributed by atoms with Crippen LogP contribution in [0.1, 0.15) is 47.7 Å². The second kappa shape index (κ2) is 15.4. The predicted octanol–water partition coefficient (Wildman–Crippen LogP) is 5.29. The van der Waals surface area contributed by atoms with E-state index in [4.69, 9.17) is 25.4 Å². The molecule has 1 N–H and O–H groups in total. The van der Waals surface area contributed by atoms with E-state index in [9.17, 15) is 19.2 Å². The highest BCUT2D eigenvalue weighted by Gasteiger charge is 2.54. The second-order valence-corrected chi connectivity index (χ2v) is 11.7. The number of nitrogens with zero attached hydrogens (tertiary/aromatic N) is 4. The Balaban J connectivity index is 1.29. The van der Waals surface area contributed by atoms with Crippen LogP contribution < -0.4 is 5.32 Å². The van der Waals surface area contributed by atoms with E-state index in [2.05, 4.69) is 26.2 Å². The number of ether oxygens (including phenoxy) is 4. The minimum Gasteiger partial charge on any atom is -0.452 e. The average Bonchev–Trinajstić information content (AvgIpc) is 3.79. The molecule has 0 radical (unpaired) electrons. The van der Waals surface area contributed by atoms with Crippen molar-refractivity contribution < 1.29 is 38.1 Å². The summed E-state index contributed by atoms with van der Waals surface area (Å²) in [5.41, 5.74) is 1.35. The molecule has 2 aromatic heterocycles. The number of carbonyl (C=O) groups excluding carboxylic acids is 4. The van der Waals surface area contributed by atoms with Gasteiger partial charge in [0.05, 0.1) is 23.0 Å². The van der Waals surface area contributed by atoms with Gasteiger partial charge in [-0.3, -0.25) is 9.36 Å². The lowest BCUT2D eigenvalue weighted by Crippen LogP contribution is -2.44. The molecule has 262 valence electrons. The minimum absolute atomic E-state index is 0.0975. The van der Waals surface area contributed by atoms with Crippen molar-refractivity contribution >= 4 is 40.8 Å². The summed E-state index contributed by atoms with van der Waals surface area (Å²) in [5.74, 6) is -0.192. The fraction of sp³-hybridized carbons (Fsp3) is 0.125. The third-order valence-electron chi connectivity index (χ3n) is 8.34. The Bertz CT molecular complexity index is 2300. The van der Waals surface area contributed by atoms with Crippen LogP contribution in [0.4, 0.5) is 5.82 Å². The first-order chi connectivity index (χ1) is 25.9. The van der Waals surface area contributed by atoms with Gasteiger partial charge >= 0.3 is 17.9 Å². The molecule has 1 aliphatic rings. The Hall–Kier alpha value is -7.17. The van der Waals surface area contributed by atoms with Gasteiger partial charge in [-0.25, -0.2) is 29.3 Å². The van der Waals surface area contributed by atoms with Crippen molar-refractivity contribution in [2.45, 2.75) is 30.6 Å². The van der Waals surface area contributed by atoms with Gasteiger partial charge in [0.2, 0.25) is 0 Å². The maximum Gasteiger partial charge on any atom is 0.339 e. The Morgan fingerprint density at radius 3 is 1.74 bits per heavy atom. The Kier molecular flexibility index (Phi) is 9.95. The topological polar surface area (TPSA) is 161 Å². The quantitative estimate of drug-likeness (QED) is 0.112. The third-order valence-corrected chi connectivity index (χ3v) is 8.34. The molecule has 0 saturated carbocycles. The van der Waals surface area contributed by atoms with Crippen molar-refractivity contribution in [3.05, 3.63) is 156 Å². The summed E-state index contributed by atoms with van der Waals surface area (Å²) >= 11 is 0. The van der Waals surface area contributed by atoms with Crippen LogP contribution in [0, 0.1) is 12.3 Å². The van der Waals surface area contributed by atoms with Crippen LogP contribution in [-0.4, -0.2) is 67.7 Å². The number of benzene rings is 4. The van der Waals surface area contributed by atoms with Crippen molar-refractivity contribution in [2.75, 3.05) is 5.32 Å². The molecule has 1 fully saturated rings. The first kappa shape index (κ1) is 34.3. The molecule has 1 saturated heterocycles. The summed E-state index contributed by atoms with van der Waals surface area (Å²) in [4.78, 5) is 66.6. The lowest BCUT2D eigenvalue weighted by molar-refractivity contribution is -0.0767. The molecule has 0 bridgehead atoms. The molecule has 3 heterocycles. The number of hydrogen-bond donors (Lipinski definition) is 1. The van der Waals surface area contributed by atoms with E-state index in [1.165, 1.54) is 17.2 Å². The lowest BCUT2D eigenvalue weighted by atomic mass is 10.0. The van der Waals surface area contributed by atoms with Crippen LogP contribution in [0.15, 0.2) is 134 Å². The van der Waals surface area contributed by atoms with E-state index in [0.29, 0.717) is 5.56 Å². The maximum atomic E-state index is 13.7. The normalized spacial score (nSPS) is 18.3. The smallest absolute Gasteiger partial charge is 0.339 e. The van der Waals surface area contributed by atoms with Gasteiger partial charge in [-0.2, -0.15) is 0 Å². The van der Waals surface area contributed by atoms with Crippen molar-refractivity contribution in [2.24, 2.45) is 0 Å². The van der Waals surface area contributed by atoms with E-state index in [1.807, 2.05) is 0 Å². The van der Waals surface area contributed by atoms with Crippen LogP contribution >= 0.6 is 0 Å². The summed E-state index contributed by atoms with van der Waals surface area (Å²) < 4.78 is 25.8. The monoisotopic (exact) mass is 707 g/mol. The van der Waals surface area contributed by atoms with E-state index in [1.54, 1.807) is 121 Å². The van der Waals surface area contributed by atoms with Gasteiger partial charge in [0, 0.05) is 5.56 Å². The molecule has 1 amide bonds. The molecule has 4 aromatic carbocycles. The molecule has 6 aromatic rings. The fourth-order valence-electron chi connectivity index (χ4n) is 5.78. The molecule has 0 aliphatic carbocycles. The van der Waals surface area contributed by atoms with Crippen LogP contribution in [0.25, 0.3) is 11.2 Å². The first-order valence-electron chi connectivity index (χ1n) is 16.3. The number of rotatable bonds is 10. The van der Waals surface area contributed by atoms with Crippen LogP contribution in [0.3, 0.4) is 0 Å².